The van der Waals surface area contributed by atoms with Crippen molar-refractivity contribution >= 4 is 11.8 Å². The van der Waals surface area contributed by atoms with Crippen LogP contribution in [0.1, 0.15) is 27.8 Å². The van der Waals surface area contributed by atoms with Gasteiger partial charge in [0.05, 0.1) is 6.42 Å². The number of benzene rings is 2. The topological polar surface area (TPSA) is 67.4 Å². The lowest BCUT2D eigenvalue weighted by molar-refractivity contribution is -0.129. The minimum Gasteiger partial charge on any atom is -0.484 e. The van der Waals surface area contributed by atoms with E-state index in [4.69, 9.17) is 4.74 Å². The molecule has 25 heavy (non-hydrogen) atoms. The summed E-state index contributed by atoms with van der Waals surface area (Å²) in [6.07, 6.45) is 0.208. The summed E-state index contributed by atoms with van der Waals surface area (Å²) in [5.74, 6) is -0.0512. The Bertz CT molecular complexity index is 764. The van der Waals surface area contributed by atoms with E-state index in [-0.39, 0.29) is 18.9 Å². The van der Waals surface area contributed by atoms with Crippen LogP contribution < -0.4 is 15.6 Å². The smallest absolute Gasteiger partial charge is 0.276 e. The number of ether oxygens (including phenoxy) is 1. The summed E-state index contributed by atoms with van der Waals surface area (Å²) >= 11 is 0. The zero-order valence-electron chi connectivity index (χ0n) is 15.1. The summed E-state index contributed by atoms with van der Waals surface area (Å²) in [5, 5.41) is 0. The molecule has 0 radical (unpaired) electrons. The lowest BCUT2D eigenvalue weighted by Crippen LogP contribution is -2.44. The molecule has 2 rings (SSSR count). The minimum atomic E-state index is -0.410. The number of carbonyl (C=O) groups excluding carboxylic acids is 2. The fourth-order valence-corrected chi connectivity index (χ4v) is 2.48. The molecule has 0 unspecified atom stereocenters. The summed E-state index contributed by atoms with van der Waals surface area (Å²) in [7, 11) is 0. The second-order valence-electron chi connectivity index (χ2n) is 6.30. The zero-order chi connectivity index (χ0) is 18.4. The van der Waals surface area contributed by atoms with Gasteiger partial charge in [-0.25, -0.2) is 0 Å². The van der Waals surface area contributed by atoms with E-state index in [1.54, 1.807) is 0 Å². The lowest BCUT2D eigenvalue weighted by atomic mass is 10.0. The Labute approximate surface area is 148 Å². The quantitative estimate of drug-likeness (QED) is 0.823. The normalized spacial score (nSPS) is 10.2. The van der Waals surface area contributed by atoms with Crippen molar-refractivity contribution in [3.05, 3.63) is 64.2 Å². The maximum absolute atomic E-state index is 11.9. The number of hydrogen-bond acceptors (Lipinski definition) is 3. The van der Waals surface area contributed by atoms with Gasteiger partial charge in [0.1, 0.15) is 5.75 Å². The van der Waals surface area contributed by atoms with Gasteiger partial charge >= 0.3 is 0 Å². The van der Waals surface area contributed by atoms with Crippen LogP contribution in [0, 0.1) is 27.7 Å². The van der Waals surface area contributed by atoms with Crippen LogP contribution in [0.25, 0.3) is 0 Å². The second kappa shape index (κ2) is 8.33. The van der Waals surface area contributed by atoms with Crippen molar-refractivity contribution < 1.29 is 14.3 Å². The predicted molar refractivity (Wildman–Crippen MR) is 97.3 cm³/mol. The van der Waals surface area contributed by atoms with Gasteiger partial charge in [0, 0.05) is 0 Å². The Morgan fingerprint density at radius 1 is 0.840 bits per heavy atom. The van der Waals surface area contributed by atoms with E-state index >= 15 is 0 Å². The van der Waals surface area contributed by atoms with Gasteiger partial charge in [-0.05, 0) is 67.6 Å². The van der Waals surface area contributed by atoms with Gasteiger partial charge in [0.2, 0.25) is 5.91 Å². The molecule has 0 aliphatic carbocycles. The molecule has 132 valence electrons. The maximum Gasteiger partial charge on any atom is 0.276 e. The van der Waals surface area contributed by atoms with Gasteiger partial charge < -0.3 is 4.74 Å². The predicted octanol–water partition coefficient (Wildman–Crippen LogP) is 2.69. The molecule has 2 aromatic rings. The van der Waals surface area contributed by atoms with Crippen LogP contribution in [0.2, 0.25) is 0 Å². The molecule has 2 amide bonds. The Balaban J connectivity index is 1.77. The van der Waals surface area contributed by atoms with E-state index < -0.39 is 5.91 Å². The van der Waals surface area contributed by atoms with Crippen molar-refractivity contribution in [2.45, 2.75) is 34.1 Å². The molecule has 0 saturated heterocycles. The highest BCUT2D eigenvalue weighted by Crippen LogP contribution is 2.15. The number of carbonyl (C=O) groups is 2. The Kier molecular flexibility index (Phi) is 6.17. The van der Waals surface area contributed by atoms with Crippen LogP contribution >= 0.6 is 0 Å². The molecule has 2 aromatic carbocycles. The van der Waals surface area contributed by atoms with Gasteiger partial charge in [0.25, 0.3) is 5.91 Å². The first kappa shape index (κ1) is 18.5. The average molecular weight is 340 g/mol. The minimum absolute atomic E-state index is 0.160. The standard InChI is InChI=1S/C20H24N2O3/c1-13-7-14(2)9-18(8-13)25-12-20(24)22-21-19(23)11-17-6-5-15(3)16(4)10-17/h5-10H,11-12H2,1-4H3,(H,21,23)(H,22,24). The van der Waals surface area contributed by atoms with Gasteiger partial charge in [-0.3, -0.25) is 20.4 Å². The van der Waals surface area contributed by atoms with Crippen LogP contribution in [0.15, 0.2) is 36.4 Å². The molecule has 0 saturated carbocycles. The summed E-state index contributed by atoms with van der Waals surface area (Å²) < 4.78 is 5.45. The number of aryl methyl sites for hydroxylation is 4. The highest BCUT2D eigenvalue weighted by atomic mass is 16.5. The van der Waals surface area contributed by atoms with Crippen LogP contribution in [0.5, 0.6) is 5.75 Å². The Morgan fingerprint density at radius 2 is 1.48 bits per heavy atom. The maximum atomic E-state index is 11.9. The second-order valence-corrected chi connectivity index (χ2v) is 6.30. The summed E-state index contributed by atoms with van der Waals surface area (Å²) in [6, 6.07) is 11.6. The summed E-state index contributed by atoms with van der Waals surface area (Å²) in [4.78, 5) is 23.7. The molecule has 0 fully saturated rings. The number of hydrogen-bond donors (Lipinski definition) is 2. The molecule has 0 spiro atoms. The highest BCUT2D eigenvalue weighted by Gasteiger charge is 2.08. The molecular weight excluding hydrogens is 316 g/mol. The number of amides is 2. The molecule has 0 aliphatic heterocycles. The monoisotopic (exact) mass is 340 g/mol. The fraction of sp³-hybridized carbons (Fsp3) is 0.300. The van der Waals surface area contributed by atoms with E-state index in [1.807, 2.05) is 64.1 Å². The third-order valence-corrected chi connectivity index (χ3v) is 3.84. The van der Waals surface area contributed by atoms with E-state index in [2.05, 4.69) is 10.9 Å². The Morgan fingerprint density at radius 3 is 2.12 bits per heavy atom. The van der Waals surface area contributed by atoms with Crippen molar-refractivity contribution in [2.75, 3.05) is 6.61 Å². The molecule has 0 atom stereocenters. The average Bonchev–Trinajstić information content (AvgIpc) is 2.53. The molecule has 0 aromatic heterocycles. The van der Waals surface area contributed by atoms with Crippen LogP contribution in [0.3, 0.4) is 0 Å². The first-order valence-corrected chi connectivity index (χ1v) is 8.18. The van der Waals surface area contributed by atoms with Gasteiger partial charge in [-0.15, -0.1) is 0 Å². The molecular formula is C20H24N2O3. The summed E-state index contributed by atoms with van der Waals surface area (Å²) in [6.45, 7) is 7.80. The van der Waals surface area contributed by atoms with E-state index in [0.717, 1.165) is 22.3 Å². The molecule has 0 aliphatic rings. The van der Waals surface area contributed by atoms with Gasteiger partial charge in [-0.1, -0.05) is 24.3 Å². The van der Waals surface area contributed by atoms with Crippen LogP contribution in [-0.4, -0.2) is 18.4 Å². The van der Waals surface area contributed by atoms with E-state index in [0.29, 0.717) is 5.75 Å². The Hall–Kier alpha value is -2.82. The van der Waals surface area contributed by atoms with Gasteiger partial charge in [-0.2, -0.15) is 0 Å². The van der Waals surface area contributed by atoms with Gasteiger partial charge in [0.15, 0.2) is 6.61 Å². The molecule has 5 nitrogen and oxygen atoms in total. The van der Waals surface area contributed by atoms with Crippen molar-refractivity contribution in [2.24, 2.45) is 0 Å². The largest absolute Gasteiger partial charge is 0.484 e. The third kappa shape index (κ3) is 5.95. The van der Waals surface area contributed by atoms with E-state index in [9.17, 15) is 9.59 Å². The summed E-state index contributed by atoms with van der Waals surface area (Å²) in [5.41, 5.74) is 10.1. The van der Waals surface area contributed by atoms with Crippen LogP contribution in [0.4, 0.5) is 0 Å². The van der Waals surface area contributed by atoms with Crippen LogP contribution in [-0.2, 0) is 16.0 Å². The SMILES string of the molecule is Cc1cc(C)cc(OCC(=O)NNC(=O)Cc2ccc(C)c(C)c2)c1. The van der Waals surface area contributed by atoms with Crippen molar-refractivity contribution in [1.29, 1.82) is 0 Å². The fourth-order valence-electron chi connectivity index (χ4n) is 2.48. The first-order valence-electron chi connectivity index (χ1n) is 8.18. The number of hydrazine groups is 1. The van der Waals surface area contributed by atoms with E-state index in [1.165, 1.54) is 5.56 Å². The molecule has 2 N–H and O–H groups in total. The van der Waals surface area contributed by atoms with Crippen molar-refractivity contribution in [3.8, 4) is 5.75 Å². The first-order chi connectivity index (χ1) is 11.8. The van der Waals surface area contributed by atoms with Crippen molar-refractivity contribution in [1.82, 2.24) is 10.9 Å². The lowest BCUT2D eigenvalue weighted by Gasteiger charge is -2.10. The molecule has 0 bridgehead atoms. The third-order valence-electron chi connectivity index (χ3n) is 3.84. The molecule has 0 heterocycles. The number of nitrogens with one attached hydrogen (secondary N) is 2. The van der Waals surface area contributed by atoms with Crippen molar-refractivity contribution in [3.63, 3.8) is 0 Å². The molecule has 5 heteroatoms. The highest BCUT2D eigenvalue weighted by molar-refractivity contribution is 5.83. The zero-order valence-corrected chi connectivity index (χ0v) is 15.1. The number of rotatable bonds is 5.